The van der Waals surface area contributed by atoms with Gasteiger partial charge in [0.25, 0.3) is 5.91 Å². The molecule has 0 fully saturated rings. The normalized spacial score (nSPS) is 11.7. The molecule has 0 aromatic heterocycles. The number of benzene rings is 3. The summed E-state index contributed by atoms with van der Waals surface area (Å²) < 4.78 is 27.0. The Morgan fingerprint density at radius 2 is 1.62 bits per heavy atom. The van der Waals surface area contributed by atoms with E-state index in [4.69, 9.17) is 0 Å². The zero-order valence-corrected chi connectivity index (χ0v) is 15.5. The molecule has 0 radical (unpaired) electrons. The number of nitrogens with one attached hydrogen (secondary N) is 1. The number of rotatable bonds is 5. The molecule has 0 saturated heterocycles. The quantitative estimate of drug-likeness (QED) is 0.753. The first kappa shape index (κ1) is 18.1. The van der Waals surface area contributed by atoms with Crippen LogP contribution in [0.1, 0.15) is 15.9 Å². The lowest BCUT2D eigenvalue weighted by Gasteiger charge is -2.18. The lowest BCUT2D eigenvalue weighted by atomic mass is 10.1. The Morgan fingerprint density at radius 1 is 0.962 bits per heavy atom. The van der Waals surface area contributed by atoms with Gasteiger partial charge in [-0.15, -0.1) is 0 Å². The summed E-state index contributed by atoms with van der Waals surface area (Å²) in [6.45, 7) is 0.225. The van der Waals surface area contributed by atoms with Crippen LogP contribution >= 0.6 is 0 Å². The fourth-order valence-corrected chi connectivity index (χ4v) is 3.95. The molecule has 0 bridgehead atoms. The molecule has 3 aromatic carbocycles. The molecule has 0 aliphatic heterocycles. The summed E-state index contributed by atoms with van der Waals surface area (Å²) in [6.07, 6.45) is 0. The molecule has 0 saturated carbocycles. The Bertz CT molecular complexity index is 1040. The van der Waals surface area contributed by atoms with E-state index in [9.17, 15) is 13.2 Å². The lowest BCUT2D eigenvalue weighted by molar-refractivity contribution is 0.0963. The van der Waals surface area contributed by atoms with Crippen LogP contribution in [0.3, 0.4) is 0 Å². The summed E-state index contributed by atoms with van der Waals surface area (Å²) in [4.78, 5) is 11.8. The maximum atomic E-state index is 12.9. The second kappa shape index (κ2) is 7.27. The highest BCUT2D eigenvalue weighted by atomic mass is 32.2. The summed E-state index contributed by atoms with van der Waals surface area (Å²) in [5.41, 5.74) is 1.35. The van der Waals surface area contributed by atoms with Crippen LogP contribution in [0.5, 0.6) is 0 Å². The molecule has 1 N–H and O–H groups in total. The second-order valence-electron chi connectivity index (χ2n) is 6.05. The van der Waals surface area contributed by atoms with Gasteiger partial charge in [0.15, 0.2) is 0 Å². The number of carbonyl (C=O) groups is 1. The van der Waals surface area contributed by atoms with Crippen molar-refractivity contribution in [2.75, 3.05) is 14.1 Å². The van der Waals surface area contributed by atoms with Gasteiger partial charge < -0.3 is 5.32 Å². The molecule has 0 aliphatic carbocycles. The van der Waals surface area contributed by atoms with Gasteiger partial charge in [0.1, 0.15) is 0 Å². The van der Waals surface area contributed by atoms with Crippen LogP contribution in [-0.2, 0) is 16.6 Å². The fraction of sp³-hybridized carbons (Fsp3) is 0.150. The Kier molecular flexibility index (Phi) is 5.06. The van der Waals surface area contributed by atoms with Crippen LogP contribution in [0.15, 0.2) is 71.6 Å². The van der Waals surface area contributed by atoms with E-state index in [0.717, 1.165) is 16.3 Å². The largest absolute Gasteiger partial charge is 0.355 e. The third-order valence-electron chi connectivity index (χ3n) is 4.28. The van der Waals surface area contributed by atoms with Gasteiger partial charge in [-0.05, 0) is 40.6 Å². The third kappa shape index (κ3) is 3.61. The predicted octanol–water partition coefficient (Wildman–Crippen LogP) is 3.02. The molecule has 0 unspecified atom stereocenters. The SMILES string of the molecule is CNC(=O)c1ccc(CN(C)S(=O)(=O)c2ccc3ccccc3c2)cc1. The van der Waals surface area contributed by atoms with E-state index in [0.29, 0.717) is 5.56 Å². The molecular weight excluding hydrogens is 348 g/mol. The minimum atomic E-state index is -3.61. The summed E-state index contributed by atoms with van der Waals surface area (Å²) in [5.74, 6) is -0.173. The van der Waals surface area contributed by atoms with E-state index in [-0.39, 0.29) is 17.3 Å². The maximum absolute atomic E-state index is 12.9. The smallest absolute Gasteiger partial charge is 0.251 e. The topological polar surface area (TPSA) is 66.5 Å². The summed E-state index contributed by atoms with van der Waals surface area (Å²) in [6, 6.07) is 19.7. The van der Waals surface area contributed by atoms with Gasteiger partial charge in [0, 0.05) is 26.2 Å². The van der Waals surface area contributed by atoms with Gasteiger partial charge in [0.05, 0.1) is 4.90 Å². The molecule has 0 heterocycles. The number of sulfonamides is 1. The standard InChI is InChI=1S/C20H20N2O3S/c1-21-20(23)17-9-7-15(8-10-17)14-22(2)26(24,25)19-12-11-16-5-3-4-6-18(16)13-19/h3-13H,14H2,1-2H3,(H,21,23). The van der Waals surface area contributed by atoms with E-state index in [1.807, 2.05) is 30.3 Å². The van der Waals surface area contributed by atoms with Crippen LogP contribution in [0.2, 0.25) is 0 Å². The monoisotopic (exact) mass is 368 g/mol. The number of fused-ring (bicyclic) bond motifs is 1. The first-order valence-corrected chi connectivity index (χ1v) is 9.62. The highest BCUT2D eigenvalue weighted by Gasteiger charge is 2.21. The molecule has 6 heteroatoms. The molecule has 0 atom stereocenters. The van der Waals surface area contributed by atoms with Crippen LogP contribution in [0.25, 0.3) is 10.8 Å². The molecule has 26 heavy (non-hydrogen) atoms. The van der Waals surface area contributed by atoms with Crippen LogP contribution in [0.4, 0.5) is 0 Å². The third-order valence-corrected chi connectivity index (χ3v) is 6.08. The molecule has 3 aromatic rings. The molecular formula is C20H20N2O3S. The minimum absolute atomic E-state index is 0.173. The van der Waals surface area contributed by atoms with Crippen LogP contribution in [0, 0.1) is 0 Å². The minimum Gasteiger partial charge on any atom is -0.355 e. The van der Waals surface area contributed by atoms with Gasteiger partial charge in [0.2, 0.25) is 10.0 Å². The Morgan fingerprint density at radius 3 is 2.27 bits per heavy atom. The van der Waals surface area contributed by atoms with Crippen molar-refractivity contribution < 1.29 is 13.2 Å². The van der Waals surface area contributed by atoms with Crippen molar-refractivity contribution in [2.24, 2.45) is 0 Å². The predicted molar refractivity (Wildman–Crippen MR) is 102 cm³/mol. The van der Waals surface area contributed by atoms with Crippen molar-refractivity contribution >= 4 is 26.7 Å². The molecule has 3 rings (SSSR count). The number of amides is 1. The average molecular weight is 368 g/mol. The van der Waals surface area contributed by atoms with Crippen molar-refractivity contribution in [2.45, 2.75) is 11.4 Å². The second-order valence-corrected chi connectivity index (χ2v) is 8.09. The zero-order valence-electron chi connectivity index (χ0n) is 14.6. The maximum Gasteiger partial charge on any atom is 0.251 e. The molecule has 0 aliphatic rings. The van der Waals surface area contributed by atoms with Crippen molar-refractivity contribution in [1.29, 1.82) is 0 Å². The van der Waals surface area contributed by atoms with Crippen LogP contribution < -0.4 is 5.32 Å². The zero-order chi connectivity index (χ0) is 18.7. The van der Waals surface area contributed by atoms with E-state index < -0.39 is 10.0 Å². The summed E-state index contributed by atoms with van der Waals surface area (Å²) >= 11 is 0. The highest BCUT2D eigenvalue weighted by molar-refractivity contribution is 7.89. The van der Waals surface area contributed by atoms with Crippen molar-refractivity contribution in [3.63, 3.8) is 0 Å². The van der Waals surface area contributed by atoms with E-state index in [2.05, 4.69) is 5.32 Å². The van der Waals surface area contributed by atoms with Crippen molar-refractivity contribution in [3.8, 4) is 0 Å². The summed E-state index contributed by atoms with van der Waals surface area (Å²) in [7, 11) is -0.483. The van der Waals surface area contributed by atoms with Gasteiger partial charge in [-0.1, -0.05) is 42.5 Å². The van der Waals surface area contributed by atoms with Crippen LogP contribution in [-0.4, -0.2) is 32.7 Å². The Labute approximate surface area is 153 Å². The fourth-order valence-electron chi connectivity index (χ4n) is 2.76. The number of hydrogen-bond donors (Lipinski definition) is 1. The van der Waals surface area contributed by atoms with Gasteiger partial charge >= 0.3 is 0 Å². The Balaban J connectivity index is 1.83. The van der Waals surface area contributed by atoms with Crippen molar-refractivity contribution in [1.82, 2.24) is 9.62 Å². The van der Waals surface area contributed by atoms with E-state index in [1.54, 1.807) is 50.5 Å². The highest BCUT2D eigenvalue weighted by Crippen LogP contribution is 2.22. The first-order valence-electron chi connectivity index (χ1n) is 8.18. The average Bonchev–Trinajstić information content (AvgIpc) is 2.67. The van der Waals surface area contributed by atoms with E-state index >= 15 is 0 Å². The number of nitrogens with zero attached hydrogens (tertiary/aromatic N) is 1. The number of hydrogen-bond acceptors (Lipinski definition) is 3. The summed E-state index contributed by atoms with van der Waals surface area (Å²) in [5, 5.41) is 4.44. The van der Waals surface area contributed by atoms with Gasteiger partial charge in [-0.2, -0.15) is 4.31 Å². The molecule has 134 valence electrons. The van der Waals surface area contributed by atoms with Gasteiger partial charge in [-0.25, -0.2) is 8.42 Å². The lowest BCUT2D eigenvalue weighted by Crippen LogP contribution is -2.26. The molecule has 5 nitrogen and oxygen atoms in total. The van der Waals surface area contributed by atoms with E-state index in [1.165, 1.54) is 4.31 Å². The molecule has 0 spiro atoms. The van der Waals surface area contributed by atoms with Crippen molar-refractivity contribution in [3.05, 3.63) is 77.9 Å². The molecule has 1 amide bonds. The first-order chi connectivity index (χ1) is 12.4. The van der Waals surface area contributed by atoms with Gasteiger partial charge in [-0.3, -0.25) is 4.79 Å². The number of carbonyl (C=O) groups excluding carboxylic acids is 1. The Hall–Kier alpha value is -2.70.